The summed E-state index contributed by atoms with van der Waals surface area (Å²) in [5, 5.41) is 16.7. The lowest BCUT2D eigenvalue weighted by molar-refractivity contribution is 0.0576. The van der Waals surface area contributed by atoms with Gasteiger partial charge in [0, 0.05) is 43.7 Å². The van der Waals surface area contributed by atoms with E-state index in [2.05, 4.69) is 22.6 Å². The molecule has 0 aliphatic carbocycles. The Morgan fingerprint density at radius 3 is 3.04 bits per heavy atom. The first kappa shape index (κ1) is 16.6. The number of carbonyl (C=O) groups excluding carboxylic acids is 1. The minimum atomic E-state index is -0.0568. The molecule has 7 heteroatoms. The molecule has 4 heterocycles. The van der Waals surface area contributed by atoms with Crippen LogP contribution in [0.5, 0.6) is 5.75 Å². The number of rotatable bonds is 3. The summed E-state index contributed by atoms with van der Waals surface area (Å²) in [7, 11) is 0. The highest BCUT2D eigenvalue weighted by atomic mass is 16.5. The van der Waals surface area contributed by atoms with Crippen LogP contribution in [0.2, 0.25) is 0 Å². The van der Waals surface area contributed by atoms with E-state index in [0.717, 1.165) is 41.2 Å². The number of fused-ring (bicyclic) bond motifs is 2. The van der Waals surface area contributed by atoms with Gasteiger partial charge in [-0.15, -0.1) is 0 Å². The van der Waals surface area contributed by atoms with Crippen LogP contribution in [-0.2, 0) is 6.42 Å². The molecule has 0 radical (unpaired) electrons. The fourth-order valence-corrected chi connectivity index (χ4v) is 3.87. The quantitative estimate of drug-likeness (QED) is 0.763. The second kappa shape index (κ2) is 6.27. The lowest BCUT2D eigenvalue weighted by Crippen LogP contribution is -2.49. The zero-order valence-corrected chi connectivity index (χ0v) is 15.5. The number of likely N-dealkylation sites (tertiary alicyclic amines) is 1. The minimum absolute atomic E-state index is 0.0496. The Hall–Kier alpha value is -3.53. The van der Waals surface area contributed by atoms with E-state index >= 15 is 0 Å². The summed E-state index contributed by atoms with van der Waals surface area (Å²) in [6.45, 7) is 3.65. The van der Waals surface area contributed by atoms with Crippen LogP contribution in [-0.4, -0.2) is 40.1 Å². The maximum atomic E-state index is 12.8. The molecule has 2 aliphatic heterocycles. The van der Waals surface area contributed by atoms with Gasteiger partial charge >= 0.3 is 0 Å². The average Bonchev–Trinajstić information content (AvgIpc) is 3.25. The molecule has 0 atom stereocenters. The van der Waals surface area contributed by atoms with Crippen molar-refractivity contribution in [2.75, 3.05) is 25.0 Å². The molecule has 0 saturated carbocycles. The molecule has 1 aromatic carbocycles. The van der Waals surface area contributed by atoms with Gasteiger partial charge in [-0.3, -0.25) is 4.79 Å². The minimum Gasteiger partial charge on any atom is -0.493 e. The number of hydrogen-bond acceptors (Lipinski definition) is 5. The van der Waals surface area contributed by atoms with Crippen LogP contribution < -0.4 is 10.1 Å². The normalized spacial score (nSPS) is 15.6. The van der Waals surface area contributed by atoms with Crippen molar-refractivity contribution in [3.8, 4) is 11.8 Å². The van der Waals surface area contributed by atoms with Crippen molar-refractivity contribution in [1.29, 1.82) is 5.26 Å². The highest BCUT2D eigenvalue weighted by Crippen LogP contribution is 2.32. The van der Waals surface area contributed by atoms with Crippen molar-refractivity contribution in [1.82, 2.24) is 14.5 Å². The number of nitrogens with one attached hydrogen (secondary N) is 1. The van der Waals surface area contributed by atoms with Gasteiger partial charge in [0.05, 0.1) is 35.4 Å². The maximum absolute atomic E-state index is 12.8. The Morgan fingerprint density at radius 1 is 1.36 bits per heavy atom. The zero-order chi connectivity index (χ0) is 19.3. The highest BCUT2D eigenvalue weighted by Gasteiger charge is 2.32. The Bertz CT molecular complexity index is 1140. The van der Waals surface area contributed by atoms with Crippen molar-refractivity contribution < 1.29 is 9.53 Å². The SMILES string of the molecule is Cc1c(C(=O)N2CC(C#N)C2)cn2nccc(Nc3ccc4c(c3)OCC4)c12. The maximum Gasteiger partial charge on any atom is 0.255 e. The van der Waals surface area contributed by atoms with E-state index in [4.69, 9.17) is 10.00 Å². The molecular formula is C21H19N5O2. The molecule has 3 aromatic rings. The molecule has 2 aliphatic rings. The summed E-state index contributed by atoms with van der Waals surface area (Å²) in [4.78, 5) is 14.5. The van der Waals surface area contributed by atoms with E-state index in [1.54, 1.807) is 21.8 Å². The van der Waals surface area contributed by atoms with E-state index in [1.165, 1.54) is 5.56 Å². The van der Waals surface area contributed by atoms with Gasteiger partial charge in [-0.05, 0) is 30.2 Å². The van der Waals surface area contributed by atoms with Crippen molar-refractivity contribution in [2.24, 2.45) is 5.92 Å². The van der Waals surface area contributed by atoms with E-state index in [-0.39, 0.29) is 11.8 Å². The van der Waals surface area contributed by atoms with Gasteiger partial charge in [-0.25, -0.2) is 4.52 Å². The molecule has 1 fully saturated rings. The number of amides is 1. The van der Waals surface area contributed by atoms with Crippen molar-refractivity contribution in [3.05, 3.63) is 53.3 Å². The number of nitrogens with zero attached hydrogens (tertiary/aromatic N) is 4. The largest absolute Gasteiger partial charge is 0.493 e. The number of aromatic nitrogens is 2. The fourth-order valence-electron chi connectivity index (χ4n) is 3.87. The van der Waals surface area contributed by atoms with E-state index in [9.17, 15) is 4.79 Å². The summed E-state index contributed by atoms with van der Waals surface area (Å²) < 4.78 is 7.39. The summed E-state index contributed by atoms with van der Waals surface area (Å²) in [6, 6.07) is 10.2. The van der Waals surface area contributed by atoms with Gasteiger partial charge < -0.3 is 15.0 Å². The van der Waals surface area contributed by atoms with Crippen LogP contribution in [0.15, 0.2) is 36.7 Å². The number of anilines is 2. The summed E-state index contributed by atoms with van der Waals surface area (Å²) in [5.74, 6) is 0.813. The van der Waals surface area contributed by atoms with E-state index < -0.39 is 0 Å². The average molecular weight is 373 g/mol. The number of carbonyl (C=O) groups is 1. The molecule has 0 spiro atoms. The molecule has 2 aromatic heterocycles. The van der Waals surface area contributed by atoms with Gasteiger partial charge in [-0.1, -0.05) is 6.07 Å². The number of hydrogen-bond donors (Lipinski definition) is 1. The van der Waals surface area contributed by atoms with Gasteiger partial charge in [-0.2, -0.15) is 10.4 Å². The number of benzene rings is 1. The second-order valence-electron chi connectivity index (χ2n) is 7.29. The first-order valence-corrected chi connectivity index (χ1v) is 9.32. The highest BCUT2D eigenvalue weighted by molar-refractivity contribution is 6.00. The monoisotopic (exact) mass is 373 g/mol. The molecule has 7 nitrogen and oxygen atoms in total. The third-order valence-corrected chi connectivity index (χ3v) is 5.48. The molecule has 0 unspecified atom stereocenters. The third kappa shape index (κ3) is 2.57. The molecule has 28 heavy (non-hydrogen) atoms. The van der Waals surface area contributed by atoms with Gasteiger partial charge in [0.1, 0.15) is 5.75 Å². The van der Waals surface area contributed by atoms with Crippen molar-refractivity contribution in [3.63, 3.8) is 0 Å². The lowest BCUT2D eigenvalue weighted by atomic mass is 10.0. The topological polar surface area (TPSA) is 82.7 Å². The standard InChI is InChI=1S/C21H19N5O2/c1-13-17(21(27)25-10-14(9-22)11-25)12-26-20(13)18(4-6-23-26)24-16-3-2-15-5-7-28-19(15)8-16/h2-4,6,8,12,14,24H,5,7,10-11H2,1H3. The van der Waals surface area contributed by atoms with Crippen LogP contribution in [0.1, 0.15) is 21.5 Å². The molecular weight excluding hydrogens is 354 g/mol. The second-order valence-corrected chi connectivity index (χ2v) is 7.29. The molecule has 0 bridgehead atoms. The summed E-state index contributed by atoms with van der Waals surface area (Å²) >= 11 is 0. The molecule has 1 amide bonds. The van der Waals surface area contributed by atoms with Crippen LogP contribution in [0.4, 0.5) is 11.4 Å². The van der Waals surface area contributed by atoms with Crippen molar-refractivity contribution in [2.45, 2.75) is 13.3 Å². The Labute approximate surface area is 162 Å². The summed E-state index contributed by atoms with van der Waals surface area (Å²) in [6.07, 6.45) is 4.42. The Kier molecular flexibility index (Phi) is 3.72. The third-order valence-electron chi connectivity index (χ3n) is 5.48. The van der Waals surface area contributed by atoms with Crippen LogP contribution in [0, 0.1) is 24.2 Å². The smallest absolute Gasteiger partial charge is 0.255 e. The van der Waals surface area contributed by atoms with E-state index in [0.29, 0.717) is 18.7 Å². The molecule has 140 valence electrons. The van der Waals surface area contributed by atoms with Crippen LogP contribution in [0.3, 0.4) is 0 Å². The van der Waals surface area contributed by atoms with Gasteiger partial charge in [0.15, 0.2) is 0 Å². The molecule has 5 rings (SSSR count). The van der Waals surface area contributed by atoms with Crippen molar-refractivity contribution >= 4 is 22.8 Å². The Balaban J connectivity index is 1.48. The first-order valence-electron chi connectivity index (χ1n) is 9.32. The number of ether oxygens (including phenoxy) is 1. The number of aryl methyl sites for hydroxylation is 1. The Morgan fingerprint density at radius 2 is 2.21 bits per heavy atom. The van der Waals surface area contributed by atoms with E-state index in [1.807, 2.05) is 25.1 Å². The molecule has 1 saturated heterocycles. The fraction of sp³-hybridized carbons (Fsp3) is 0.286. The van der Waals surface area contributed by atoms with Gasteiger partial charge in [0.25, 0.3) is 5.91 Å². The van der Waals surface area contributed by atoms with Crippen LogP contribution >= 0.6 is 0 Å². The predicted molar refractivity (Wildman–Crippen MR) is 104 cm³/mol. The zero-order valence-electron chi connectivity index (χ0n) is 15.5. The summed E-state index contributed by atoms with van der Waals surface area (Å²) in [5.41, 5.74) is 5.39. The van der Waals surface area contributed by atoms with Gasteiger partial charge in [0.2, 0.25) is 0 Å². The lowest BCUT2D eigenvalue weighted by Gasteiger charge is -2.35. The first-order chi connectivity index (χ1) is 13.6. The molecule has 1 N–H and O–H groups in total. The predicted octanol–water partition coefficient (Wildman–Crippen LogP) is 2.92. The van der Waals surface area contributed by atoms with Crippen LogP contribution in [0.25, 0.3) is 5.52 Å². The number of nitriles is 1.